The molecule has 0 amide bonds. The minimum Gasteiger partial charge on any atom is -0.389 e. The molecule has 3 aliphatic heterocycles. The van der Waals surface area contributed by atoms with Crippen LogP contribution in [-0.4, -0.2) is 166 Å². The molecule has 19 heteroatoms. The second-order valence-corrected chi connectivity index (χ2v) is 11.6. The largest absolute Gasteiger partial charge is 0.389 e. The van der Waals surface area contributed by atoms with Crippen molar-refractivity contribution in [3.05, 3.63) is 0 Å². The van der Waals surface area contributed by atoms with Crippen LogP contribution in [0, 0.1) is 0 Å². The summed E-state index contributed by atoms with van der Waals surface area (Å²) in [6.45, 7) is -0.270. The van der Waals surface area contributed by atoms with E-state index in [1.807, 2.05) is 0 Å². The molecule has 4 rings (SSSR count). The summed E-state index contributed by atoms with van der Waals surface area (Å²) in [5.41, 5.74) is 35.8. The van der Waals surface area contributed by atoms with Crippen molar-refractivity contribution in [2.45, 2.75) is 123 Å². The van der Waals surface area contributed by atoms with Gasteiger partial charge < -0.3 is 93.5 Å². The van der Waals surface area contributed by atoms with E-state index in [-0.39, 0.29) is 25.3 Å². The van der Waals surface area contributed by atoms with Crippen LogP contribution >= 0.6 is 12.6 Å². The Balaban J connectivity index is 1.50. The maximum absolute atomic E-state index is 11.2. The fraction of sp³-hybridized carbons (Fsp3) is 1.00. The summed E-state index contributed by atoms with van der Waals surface area (Å²) in [6.07, 6.45) is -18.6. The van der Waals surface area contributed by atoms with E-state index in [4.69, 9.17) is 62.8 Å². The number of ether oxygens (including phenoxy) is 6. The van der Waals surface area contributed by atoms with Gasteiger partial charge in [0.05, 0.1) is 24.3 Å². The molecule has 0 spiro atoms. The highest BCUT2D eigenvalue weighted by atomic mass is 32.1. The lowest BCUT2D eigenvalue weighted by atomic mass is 9.84. The van der Waals surface area contributed by atoms with E-state index >= 15 is 0 Å². The predicted octanol–water partition coefficient (Wildman–Crippen LogP) is -7.96. The van der Waals surface area contributed by atoms with Gasteiger partial charge in [-0.05, 0) is 6.42 Å². The molecule has 0 bridgehead atoms. The zero-order valence-electron chi connectivity index (χ0n) is 22.8. The molecule has 18 N–H and O–H groups in total. The first-order chi connectivity index (χ1) is 19.8. The number of hydrogen-bond acceptors (Lipinski definition) is 19. The van der Waals surface area contributed by atoms with Gasteiger partial charge in [-0.2, -0.15) is 12.6 Å². The predicted molar refractivity (Wildman–Crippen MR) is 145 cm³/mol. The molecule has 0 aromatic heterocycles. The summed E-state index contributed by atoms with van der Waals surface area (Å²) >= 11 is 4.27. The van der Waals surface area contributed by atoms with E-state index in [2.05, 4.69) is 12.6 Å². The Morgan fingerprint density at radius 2 is 1.00 bits per heavy atom. The van der Waals surface area contributed by atoms with E-state index in [0.29, 0.717) is 0 Å². The molecule has 4 fully saturated rings. The molecule has 19 atom stereocenters. The van der Waals surface area contributed by atoms with Gasteiger partial charge >= 0.3 is 0 Å². The summed E-state index contributed by atoms with van der Waals surface area (Å²) in [6, 6.07) is -4.04. The Kier molecular flexibility index (Phi) is 11.8. The van der Waals surface area contributed by atoms with Crippen molar-refractivity contribution in [2.75, 3.05) is 18.8 Å². The highest BCUT2D eigenvalue weighted by Crippen LogP contribution is 2.34. The quantitative estimate of drug-likeness (QED) is 0.105. The van der Waals surface area contributed by atoms with Crippen LogP contribution in [0.5, 0.6) is 0 Å². The van der Waals surface area contributed by atoms with Crippen LogP contribution in [0.1, 0.15) is 6.42 Å². The van der Waals surface area contributed by atoms with Gasteiger partial charge in [0.15, 0.2) is 18.9 Å². The number of thiol groups is 1. The fourth-order valence-corrected chi connectivity index (χ4v) is 6.04. The van der Waals surface area contributed by atoms with E-state index in [0.717, 1.165) is 0 Å². The zero-order chi connectivity index (χ0) is 31.0. The average Bonchev–Trinajstić information content (AvgIpc) is 3.27. The van der Waals surface area contributed by atoms with E-state index < -0.39 is 116 Å². The first-order valence-electron chi connectivity index (χ1n) is 13.9. The smallest absolute Gasteiger partial charge is 0.187 e. The van der Waals surface area contributed by atoms with Crippen LogP contribution in [0.3, 0.4) is 0 Å². The number of aliphatic hydroxyl groups is 6. The summed E-state index contributed by atoms with van der Waals surface area (Å²) in [4.78, 5) is 0. The van der Waals surface area contributed by atoms with Crippen molar-refractivity contribution < 1.29 is 59.1 Å². The molecule has 0 aromatic rings. The molecular formula is C23H46N6O12S. The monoisotopic (exact) mass is 630 g/mol. The number of nitrogens with two attached hydrogens (primary N) is 6. The number of rotatable bonds is 9. The Morgan fingerprint density at radius 3 is 1.48 bits per heavy atom. The fourth-order valence-electron chi connectivity index (χ4n) is 5.74. The van der Waals surface area contributed by atoms with Crippen molar-refractivity contribution in [3.63, 3.8) is 0 Å². The second kappa shape index (κ2) is 14.4. The van der Waals surface area contributed by atoms with Gasteiger partial charge in [0, 0.05) is 30.9 Å². The Morgan fingerprint density at radius 1 is 0.548 bits per heavy atom. The van der Waals surface area contributed by atoms with Crippen molar-refractivity contribution in [3.8, 4) is 0 Å². The third-order valence-electron chi connectivity index (χ3n) is 8.37. The van der Waals surface area contributed by atoms with Crippen molar-refractivity contribution >= 4 is 12.6 Å². The molecule has 18 nitrogen and oxygen atoms in total. The van der Waals surface area contributed by atoms with Gasteiger partial charge in [-0.25, -0.2) is 0 Å². The third-order valence-corrected chi connectivity index (χ3v) is 8.73. The van der Waals surface area contributed by atoms with Crippen LogP contribution < -0.4 is 34.4 Å². The molecule has 1 aliphatic carbocycles. The third kappa shape index (κ3) is 6.75. The van der Waals surface area contributed by atoms with Crippen LogP contribution in [0.2, 0.25) is 0 Å². The lowest BCUT2D eigenvalue weighted by molar-refractivity contribution is -0.306. The molecule has 4 aliphatic rings. The van der Waals surface area contributed by atoms with E-state index in [1.165, 1.54) is 0 Å². The second-order valence-electron chi connectivity index (χ2n) is 11.2. The number of hydrogen-bond donors (Lipinski definition) is 13. The SMILES string of the molecule is NC[C@@H]1O[C@H](O[C@H]2[C@@H](O)[C@H](OC3[C@@H](O)[C@H](N)C[C@H](N)[C@H]3O[C@H]3O[C@H](CN)[C@@H](O)[C@H](O)[C@H]3N)O[C@@H]2CS)[C@H](N)[C@@H](O)[C@@H]1O. The van der Waals surface area contributed by atoms with Crippen LogP contribution in [0.15, 0.2) is 0 Å². The summed E-state index contributed by atoms with van der Waals surface area (Å²) in [5.74, 6) is 0.0483. The van der Waals surface area contributed by atoms with Gasteiger partial charge in [0.2, 0.25) is 0 Å². The van der Waals surface area contributed by atoms with Crippen molar-refractivity contribution in [1.29, 1.82) is 0 Å². The van der Waals surface area contributed by atoms with Gasteiger partial charge in [0.25, 0.3) is 0 Å². The molecule has 1 saturated carbocycles. The Bertz CT molecular complexity index is 873. The summed E-state index contributed by atoms with van der Waals surface area (Å²) in [7, 11) is 0. The van der Waals surface area contributed by atoms with Crippen molar-refractivity contribution in [1.82, 2.24) is 0 Å². The van der Waals surface area contributed by atoms with Gasteiger partial charge in [0.1, 0.15) is 61.0 Å². The average molecular weight is 631 g/mol. The Hall–Kier alpha value is -0.370. The maximum Gasteiger partial charge on any atom is 0.187 e. The van der Waals surface area contributed by atoms with Crippen molar-refractivity contribution in [2.24, 2.45) is 34.4 Å². The number of aliphatic hydroxyl groups excluding tert-OH is 6. The zero-order valence-corrected chi connectivity index (χ0v) is 23.7. The summed E-state index contributed by atoms with van der Waals surface area (Å²) < 4.78 is 35.1. The van der Waals surface area contributed by atoms with Crippen LogP contribution in [-0.2, 0) is 28.4 Å². The lowest BCUT2D eigenvalue weighted by Crippen LogP contribution is -2.68. The van der Waals surface area contributed by atoms with Crippen LogP contribution in [0.4, 0.5) is 0 Å². The van der Waals surface area contributed by atoms with Gasteiger partial charge in [-0.1, -0.05) is 0 Å². The first kappa shape index (κ1) is 34.5. The highest BCUT2D eigenvalue weighted by Gasteiger charge is 2.54. The molecular weight excluding hydrogens is 584 g/mol. The van der Waals surface area contributed by atoms with Gasteiger partial charge in [-0.15, -0.1) is 0 Å². The molecule has 3 heterocycles. The normalized spacial score (nSPS) is 53.8. The van der Waals surface area contributed by atoms with E-state index in [1.54, 1.807) is 0 Å². The minimum atomic E-state index is -1.49. The molecule has 42 heavy (non-hydrogen) atoms. The standard InChI is InChI=1S/C23H46N6O12S/c24-2-7-13(31)15(33)10(28)21(36-7)39-18-6(27)1-5(26)12(30)20(18)41-23-17(35)19(9(4-42)38-23)40-22-11(29)16(34)14(32)8(3-25)37-22/h5-23,30-35,42H,1-4,24-29H2/t5-,6+,7-,8+,9-,10-,11-,12+,13-,14-,15-,16-,17-,18-,19-,20?,21-,22-,23+/m1/s1. The Labute approximate surface area is 247 Å². The summed E-state index contributed by atoms with van der Waals surface area (Å²) in [5, 5.41) is 63.2. The van der Waals surface area contributed by atoms with Gasteiger partial charge in [-0.3, -0.25) is 0 Å². The lowest BCUT2D eigenvalue weighted by Gasteiger charge is -2.47. The molecule has 0 radical (unpaired) electrons. The van der Waals surface area contributed by atoms with Crippen LogP contribution in [0.25, 0.3) is 0 Å². The van der Waals surface area contributed by atoms with E-state index in [9.17, 15) is 30.6 Å². The molecule has 3 saturated heterocycles. The minimum absolute atomic E-state index is 0.0483. The molecule has 0 aromatic carbocycles. The highest BCUT2D eigenvalue weighted by molar-refractivity contribution is 7.80. The first-order valence-corrected chi connectivity index (χ1v) is 14.5. The topological polar surface area (TPSA) is 333 Å². The molecule has 246 valence electrons. The maximum atomic E-state index is 11.2. The molecule has 1 unspecified atom stereocenters.